The van der Waals surface area contributed by atoms with Crippen LogP contribution < -0.4 is 29.2 Å². The first-order valence-corrected chi connectivity index (χ1v) is 10.8. The highest BCUT2D eigenvalue weighted by molar-refractivity contribution is 9.10. The van der Waals surface area contributed by atoms with Gasteiger partial charge in [0.1, 0.15) is 17.1 Å². The number of anilines is 1. The zero-order valence-corrected chi connectivity index (χ0v) is 20.5. The van der Waals surface area contributed by atoms with Gasteiger partial charge in [-0.3, -0.25) is 14.9 Å². The van der Waals surface area contributed by atoms with Gasteiger partial charge in [0.2, 0.25) is 0 Å². The minimum absolute atomic E-state index is 0.0588. The van der Waals surface area contributed by atoms with E-state index in [1.54, 1.807) is 12.1 Å². The number of methoxy groups -OCH3 is 3. The van der Waals surface area contributed by atoms with Gasteiger partial charge in [0.25, 0.3) is 11.8 Å². The lowest BCUT2D eigenvalue weighted by Gasteiger charge is -2.28. The molecular weight excluding hydrogens is 520 g/mol. The van der Waals surface area contributed by atoms with Gasteiger partial charge in [-0.05, 0) is 30.7 Å². The van der Waals surface area contributed by atoms with Crippen molar-refractivity contribution in [3.8, 4) is 23.0 Å². The minimum Gasteiger partial charge on any atom is -0.495 e. The molecule has 0 aromatic heterocycles. The third-order valence-corrected chi connectivity index (χ3v) is 5.66. The molecular formula is C22H20BrClN2O7. The molecule has 9 nitrogen and oxygen atoms in total. The summed E-state index contributed by atoms with van der Waals surface area (Å²) >= 11 is 9.54. The molecule has 1 aliphatic heterocycles. The number of carbonyl (C=O) groups is 3. The number of rotatable bonds is 7. The maximum absolute atomic E-state index is 13.3. The molecule has 0 saturated carbocycles. The molecule has 1 N–H and O–H groups in total. The van der Waals surface area contributed by atoms with E-state index in [9.17, 15) is 14.4 Å². The quantitative estimate of drug-likeness (QED) is 0.416. The van der Waals surface area contributed by atoms with E-state index in [4.69, 9.17) is 30.5 Å². The van der Waals surface area contributed by atoms with Gasteiger partial charge in [0, 0.05) is 16.6 Å². The summed E-state index contributed by atoms with van der Waals surface area (Å²) in [5, 5.41) is 2.39. The molecule has 2 aromatic rings. The first-order chi connectivity index (χ1) is 15.7. The Morgan fingerprint density at radius 1 is 0.970 bits per heavy atom. The van der Waals surface area contributed by atoms with Gasteiger partial charge >= 0.3 is 6.03 Å². The number of benzene rings is 2. The Morgan fingerprint density at radius 3 is 2.24 bits per heavy atom. The number of imide groups is 2. The molecule has 3 rings (SSSR count). The van der Waals surface area contributed by atoms with Gasteiger partial charge in [-0.15, -0.1) is 0 Å². The molecule has 4 amide bonds. The predicted octanol–water partition coefficient (Wildman–Crippen LogP) is 4.19. The Kier molecular flexibility index (Phi) is 7.50. The van der Waals surface area contributed by atoms with Crippen LogP contribution in [0.4, 0.5) is 10.5 Å². The number of amides is 4. The van der Waals surface area contributed by atoms with Crippen molar-refractivity contribution in [2.75, 3.05) is 32.8 Å². The standard InChI is InChI=1S/C22H20BrClN2O7/c1-5-33-19-7-11(13(23)8-18(19)32-4)6-12-20(27)25-22(29)26(21(12)28)15-10-16(30-2)14(24)9-17(15)31-3/h6-10H,5H2,1-4H3,(H,25,27,29)/b12-6+. The maximum Gasteiger partial charge on any atom is 0.336 e. The Bertz CT molecular complexity index is 1170. The van der Waals surface area contributed by atoms with E-state index < -0.39 is 17.8 Å². The smallest absolute Gasteiger partial charge is 0.336 e. The molecule has 1 heterocycles. The van der Waals surface area contributed by atoms with Crippen LogP contribution in [-0.2, 0) is 9.59 Å². The fourth-order valence-corrected chi connectivity index (χ4v) is 3.81. The average Bonchev–Trinajstić information content (AvgIpc) is 2.78. The summed E-state index contributed by atoms with van der Waals surface area (Å²) < 4.78 is 21.9. The molecule has 1 aliphatic rings. The summed E-state index contributed by atoms with van der Waals surface area (Å²) in [7, 11) is 4.25. The SMILES string of the molecule is CCOc1cc(/C=C2\C(=O)NC(=O)N(c3cc(OC)c(Cl)cc3OC)C2=O)c(Br)cc1OC. The number of hydrogen-bond donors (Lipinski definition) is 1. The lowest BCUT2D eigenvalue weighted by Crippen LogP contribution is -2.54. The second kappa shape index (κ2) is 10.1. The van der Waals surface area contributed by atoms with Crippen LogP contribution in [0.2, 0.25) is 5.02 Å². The number of urea groups is 1. The molecule has 1 saturated heterocycles. The summed E-state index contributed by atoms with van der Waals surface area (Å²) in [6, 6.07) is 5.12. The minimum atomic E-state index is -0.936. The van der Waals surface area contributed by atoms with E-state index in [1.807, 2.05) is 6.92 Å². The first-order valence-electron chi connectivity index (χ1n) is 9.58. The van der Waals surface area contributed by atoms with Crippen molar-refractivity contribution in [1.29, 1.82) is 0 Å². The molecule has 0 atom stereocenters. The summed E-state index contributed by atoms with van der Waals surface area (Å²) in [5.74, 6) is -0.443. The van der Waals surface area contributed by atoms with Crippen LogP contribution in [-0.4, -0.2) is 45.8 Å². The second-order valence-electron chi connectivity index (χ2n) is 6.57. The van der Waals surface area contributed by atoms with Crippen molar-refractivity contribution in [2.45, 2.75) is 6.92 Å². The van der Waals surface area contributed by atoms with Gasteiger partial charge in [-0.25, -0.2) is 9.69 Å². The third-order valence-electron chi connectivity index (χ3n) is 4.68. The van der Waals surface area contributed by atoms with E-state index in [0.29, 0.717) is 28.1 Å². The first kappa shape index (κ1) is 24.4. The van der Waals surface area contributed by atoms with Crippen molar-refractivity contribution >= 4 is 57.1 Å². The molecule has 0 spiro atoms. The fraction of sp³-hybridized carbons (Fsp3) is 0.227. The zero-order chi connectivity index (χ0) is 24.3. The Balaban J connectivity index is 2.12. The number of ether oxygens (including phenoxy) is 4. The highest BCUT2D eigenvalue weighted by atomic mass is 79.9. The molecule has 2 aromatic carbocycles. The summed E-state index contributed by atoms with van der Waals surface area (Å²) in [5.41, 5.74) is 0.245. The predicted molar refractivity (Wildman–Crippen MR) is 125 cm³/mol. The van der Waals surface area contributed by atoms with E-state index in [0.717, 1.165) is 4.90 Å². The second-order valence-corrected chi connectivity index (χ2v) is 7.84. The molecule has 1 fully saturated rings. The zero-order valence-electron chi connectivity index (χ0n) is 18.2. The van der Waals surface area contributed by atoms with Crippen LogP contribution in [0.25, 0.3) is 6.08 Å². The number of carbonyl (C=O) groups excluding carboxylic acids is 3. The van der Waals surface area contributed by atoms with Crippen LogP contribution in [0.5, 0.6) is 23.0 Å². The Hall–Kier alpha value is -3.24. The highest BCUT2D eigenvalue weighted by Crippen LogP contribution is 2.40. The van der Waals surface area contributed by atoms with Crippen molar-refractivity contribution < 1.29 is 33.3 Å². The van der Waals surface area contributed by atoms with Gasteiger partial charge in [-0.2, -0.15) is 0 Å². The molecule has 0 bridgehead atoms. The van der Waals surface area contributed by atoms with Gasteiger partial charge in [0.05, 0.1) is 38.6 Å². The van der Waals surface area contributed by atoms with Crippen LogP contribution in [0.15, 0.2) is 34.3 Å². The Morgan fingerprint density at radius 2 is 1.64 bits per heavy atom. The molecule has 33 heavy (non-hydrogen) atoms. The fourth-order valence-electron chi connectivity index (χ4n) is 3.14. The summed E-state index contributed by atoms with van der Waals surface area (Å²) in [6.45, 7) is 2.20. The monoisotopic (exact) mass is 538 g/mol. The Labute approximate surface area is 203 Å². The van der Waals surface area contributed by atoms with Crippen LogP contribution in [0.3, 0.4) is 0 Å². The third kappa shape index (κ3) is 4.76. The van der Waals surface area contributed by atoms with Crippen molar-refractivity contribution in [3.05, 3.63) is 44.9 Å². The molecule has 0 unspecified atom stereocenters. The van der Waals surface area contributed by atoms with E-state index in [2.05, 4.69) is 21.2 Å². The van der Waals surface area contributed by atoms with Gasteiger partial charge in [-0.1, -0.05) is 27.5 Å². The topological polar surface area (TPSA) is 103 Å². The number of halogens is 2. The van der Waals surface area contributed by atoms with Crippen LogP contribution in [0, 0.1) is 0 Å². The molecule has 0 aliphatic carbocycles. The number of barbiturate groups is 1. The van der Waals surface area contributed by atoms with Crippen molar-refractivity contribution in [3.63, 3.8) is 0 Å². The summed E-state index contributed by atoms with van der Waals surface area (Å²) in [4.78, 5) is 39.3. The van der Waals surface area contributed by atoms with E-state index in [-0.39, 0.29) is 27.8 Å². The highest BCUT2D eigenvalue weighted by Gasteiger charge is 2.38. The number of nitrogens with zero attached hydrogens (tertiary/aromatic N) is 1. The molecule has 174 valence electrons. The van der Waals surface area contributed by atoms with E-state index in [1.165, 1.54) is 39.5 Å². The lowest BCUT2D eigenvalue weighted by molar-refractivity contribution is -0.122. The van der Waals surface area contributed by atoms with Crippen LogP contribution >= 0.6 is 27.5 Å². The van der Waals surface area contributed by atoms with Crippen LogP contribution in [0.1, 0.15) is 12.5 Å². The largest absolute Gasteiger partial charge is 0.495 e. The van der Waals surface area contributed by atoms with Crippen molar-refractivity contribution in [1.82, 2.24) is 5.32 Å². The maximum atomic E-state index is 13.3. The molecule has 11 heteroatoms. The number of nitrogens with one attached hydrogen (secondary N) is 1. The number of hydrogen-bond acceptors (Lipinski definition) is 7. The van der Waals surface area contributed by atoms with Gasteiger partial charge in [0.15, 0.2) is 11.5 Å². The lowest BCUT2D eigenvalue weighted by atomic mass is 10.1. The average molecular weight is 540 g/mol. The normalized spacial score (nSPS) is 14.9. The van der Waals surface area contributed by atoms with E-state index >= 15 is 0 Å². The summed E-state index contributed by atoms with van der Waals surface area (Å²) in [6.07, 6.45) is 1.35. The molecule has 0 radical (unpaired) electrons. The van der Waals surface area contributed by atoms with Gasteiger partial charge < -0.3 is 18.9 Å². The van der Waals surface area contributed by atoms with Crippen molar-refractivity contribution in [2.24, 2.45) is 0 Å².